The number of rotatable bonds is 4. The zero-order chi connectivity index (χ0) is 17.9. The first-order chi connectivity index (χ1) is 12.0. The van der Waals surface area contributed by atoms with Crippen molar-refractivity contribution in [1.82, 2.24) is 9.97 Å². The molecule has 7 heteroatoms. The molecular formula is C18H13F3N2O2. The molecule has 0 unspecified atom stereocenters. The number of methoxy groups -OCH3 is 1. The van der Waals surface area contributed by atoms with Crippen LogP contribution in [-0.2, 0) is 6.18 Å². The first-order valence-electron chi connectivity index (χ1n) is 7.28. The van der Waals surface area contributed by atoms with Crippen LogP contribution in [0.3, 0.4) is 0 Å². The van der Waals surface area contributed by atoms with E-state index in [1.807, 2.05) is 18.2 Å². The molecule has 4 nitrogen and oxygen atoms in total. The summed E-state index contributed by atoms with van der Waals surface area (Å²) in [6, 6.07) is 12.9. The molecule has 0 spiro atoms. The molecule has 0 saturated heterocycles. The number of ether oxygens (including phenoxy) is 2. The monoisotopic (exact) mass is 346 g/mol. The van der Waals surface area contributed by atoms with E-state index in [1.54, 1.807) is 25.3 Å². The summed E-state index contributed by atoms with van der Waals surface area (Å²) in [5, 5.41) is 0. The third-order valence-corrected chi connectivity index (χ3v) is 3.39. The highest BCUT2D eigenvalue weighted by atomic mass is 19.4. The third kappa shape index (κ3) is 3.88. The fourth-order valence-electron chi connectivity index (χ4n) is 2.20. The number of pyridine rings is 2. The molecule has 2 heterocycles. The molecule has 0 aliphatic rings. The second kappa shape index (κ2) is 6.80. The topological polar surface area (TPSA) is 44.2 Å². The predicted octanol–water partition coefficient (Wildman–Crippen LogP) is 4.96. The Morgan fingerprint density at radius 2 is 1.76 bits per heavy atom. The number of aromatic nitrogens is 2. The Morgan fingerprint density at radius 1 is 0.920 bits per heavy atom. The fourth-order valence-corrected chi connectivity index (χ4v) is 2.20. The van der Waals surface area contributed by atoms with Crippen molar-refractivity contribution in [2.24, 2.45) is 0 Å². The molecule has 128 valence electrons. The molecule has 1 aromatic carbocycles. The zero-order valence-electron chi connectivity index (χ0n) is 13.1. The summed E-state index contributed by atoms with van der Waals surface area (Å²) in [4.78, 5) is 7.54. The number of halogens is 3. The van der Waals surface area contributed by atoms with Crippen LogP contribution in [0.1, 0.15) is 5.69 Å². The molecule has 3 aromatic rings. The van der Waals surface area contributed by atoms with Crippen LogP contribution in [0.5, 0.6) is 17.4 Å². The largest absolute Gasteiger partial charge is 0.497 e. The Labute approximate surface area is 141 Å². The van der Waals surface area contributed by atoms with Gasteiger partial charge in [-0.15, -0.1) is 0 Å². The van der Waals surface area contributed by atoms with E-state index in [2.05, 4.69) is 9.97 Å². The van der Waals surface area contributed by atoms with E-state index in [-0.39, 0.29) is 11.6 Å². The summed E-state index contributed by atoms with van der Waals surface area (Å²) in [5.74, 6) is 1.09. The van der Waals surface area contributed by atoms with Crippen molar-refractivity contribution in [2.75, 3.05) is 7.11 Å². The van der Waals surface area contributed by atoms with Gasteiger partial charge in [-0.05, 0) is 42.0 Å². The molecule has 0 fully saturated rings. The maximum Gasteiger partial charge on any atom is 0.433 e. The van der Waals surface area contributed by atoms with Gasteiger partial charge in [-0.1, -0.05) is 12.1 Å². The molecule has 0 saturated carbocycles. The highest BCUT2D eigenvalue weighted by Gasteiger charge is 2.32. The lowest BCUT2D eigenvalue weighted by molar-refractivity contribution is -0.141. The van der Waals surface area contributed by atoms with Gasteiger partial charge in [-0.25, -0.2) is 9.97 Å². The van der Waals surface area contributed by atoms with Gasteiger partial charge < -0.3 is 9.47 Å². The van der Waals surface area contributed by atoms with Gasteiger partial charge in [0, 0.05) is 11.8 Å². The maximum absolute atomic E-state index is 12.6. The van der Waals surface area contributed by atoms with Gasteiger partial charge >= 0.3 is 6.18 Å². The van der Waals surface area contributed by atoms with Crippen LogP contribution >= 0.6 is 0 Å². The van der Waals surface area contributed by atoms with E-state index in [4.69, 9.17) is 9.47 Å². The first kappa shape index (κ1) is 16.8. The molecule has 0 aliphatic heterocycles. The third-order valence-electron chi connectivity index (χ3n) is 3.39. The van der Waals surface area contributed by atoms with E-state index in [9.17, 15) is 13.2 Å². The van der Waals surface area contributed by atoms with Gasteiger partial charge in [0.15, 0.2) is 0 Å². The zero-order valence-corrected chi connectivity index (χ0v) is 13.1. The SMILES string of the molecule is COc1cccc(-c2cccnc2Oc2ccc(C(F)(F)F)nc2)c1. The molecule has 0 amide bonds. The van der Waals surface area contributed by atoms with E-state index < -0.39 is 11.9 Å². The molecule has 25 heavy (non-hydrogen) atoms. The molecule has 0 radical (unpaired) electrons. The van der Waals surface area contributed by atoms with Crippen molar-refractivity contribution < 1.29 is 22.6 Å². The van der Waals surface area contributed by atoms with Crippen LogP contribution in [0.15, 0.2) is 60.9 Å². The second-order valence-corrected chi connectivity index (χ2v) is 5.07. The van der Waals surface area contributed by atoms with E-state index in [0.717, 1.165) is 17.8 Å². The van der Waals surface area contributed by atoms with Crippen LogP contribution in [0.4, 0.5) is 13.2 Å². The normalized spacial score (nSPS) is 11.2. The molecule has 0 aliphatic carbocycles. The van der Waals surface area contributed by atoms with Crippen molar-refractivity contribution in [3.8, 4) is 28.5 Å². The van der Waals surface area contributed by atoms with Gasteiger partial charge in [-0.2, -0.15) is 13.2 Å². The molecular weight excluding hydrogens is 333 g/mol. The highest BCUT2D eigenvalue weighted by Crippen LogP contribution is 2.34. The molecule has 0 bridgehead atoms. The van der Waals surface area contributed by atoms with Crippen LogP contribution in [0, 0.1) is 0 Å². The Hall–Kier alpha value is -3.09. The van der Waals surface area contributed by atoms with Crippen molar-refractivity contribution >= 4 is 0 Å². The molecule has 2 aromatic heterocycles. The standard InChI is InChI=1S/C18H13F3N2O2/c1-24-13-5-2-4-12(10-13)15-6-3-9-22-17(15)25-14-7-8-16(23-11-14)18(19,20)21/h2-11H,1H3. The van der Waals surface area contributed by atoms with Gasteiger partial charge in [0.2, 0.25) is 5.88 Å². The highest BCUT2D eigenvalue weighted by molar-refractivity contribution is 5.70. The van der Waals surface area contributed by atoms with E-state index in [1.165, 1.54) is 12.3 Å². The quantitative estimate of drug-likeness (QED) is 0.669. The minimum absolute atomic E-state index is 0.163. The Balaban J connectivity index is 1.91. The molecule has 3 rings (SSSR count). The van der Waals surface area contributed by atoms with Gasteiger partial charge in [-0.3, -0.25) is 0 Å². The van der Waals surface area contributed by atoms with E-state index in [0.29, 0.717) is 11.3 Å². The number of benzene rings is 1. The summed E-state index contributed by atoms with van der Waals surface area (Å²) in [6.07, 6.45) is -1.93. The Kier molecular flexibility index (Phi) is 4.56. The summed E-state index contributed by atoms with van der Waals surface area (Å²) in [6.45, 7) is 0. The maximum atomic E-state index is 12.6. The number of nitrogens with zero attached hydrogens (tertiary/aromatic N) is 2. The average Bonchev–Trinajstić information content (AvgIpc) is 2.62. The van der Waals surface area contributed by atoms with E-state index >= 15 is 0 Å². The lowest BCUT2D eigenvalue weighted by atomic mass is 10.1. The van der Waals surface area contributed by atoms with Crippen LogP contribution in [-0.4, -0.2) is 17.1 Å². The number of hydrogen-bond donors (Lipinski definition) is 0. The number of hydrogen-bond acceptors (Lipinski definition) is 4. The van der Waals surface area contributed by atoms with Gasteiger partial charge in [0.25, 0.3) is 0 Å². The summed E-state index contributed by atoms with van der Waals surface area (Å²) >= 11 is 0. The smallest absolute Gasteiger partial charge is 0.433 e. The predicted molar refractivity (Wildman–Crippen MR) is 85.5 cm³/mol. The van der Waals surface area contributed by atoms with Crippen molar-refractivity contribution in [2.45, 2.75) is 6.18 Å². The number of alkyl halides is 3. The van der Waals surface area contributed by atoms with Gasteiger partial charge in [0.1, 0.15) is 17.2 Å². The Morgan fingerprint density at radius 3 is 2.44 bits per heavy atom. The van der Waals surface area contributed by atoms with Gasteiger partial charge in [0.05, 0.1) is 13.3 Å². The van der Waals surface area contributed by atoms with Crippen molar-refractivity contribution in [1.29, 1.82) is 0 Å². The van der Waals surface area contributed by atoms with Crippen molar-refractivity contribution in [3.63, 3.8) is 0 Å². The van der Waals surface area contributed by atoms with Crippen LogP contribution in [0.2, 0.25) is 0 Å². The first-order valence-corrected chi connectivity index (χ1v) is 7.28. The van der Waals surface area contributed by atoms with Crippen LogP contribution in [0.25, 0.3) is 11.1 Å². The average molecular weight is 346 g/mol. The fraction of sp³-hybridized carbons (Fsp3) is 0.111. The summed E-state index contributed by atoms with van der Waals surface area (Å²) in [7, 11) is 1.56. The molecule has 0 atom stereocenters. The Bertz CT molecular complexity index is 865. The van der Waals surface area contributed by atoms with Crippen molar-refractivity contribution in [3.05, 3.63) is 66.6 Å². The summed E-state index contributed by atoms with van der Waals surface area (Å²) < 4.78 is 48.6. The summed E-state index contributed by atoms with van der Waals surface area (Å²) in [5.41, 5.74) is 0.512. The van der Waals surface area contributed by atoms with Crippen LogP contribution < -0.4 is 9.47 Å². The second-order valence-electron chi connectivity index (χ2n) is 5.07. The lowest BCUT2D eigenvalue weighted by Crippen LogP contribution is -2.07. The minimum Gasteiger partial charge on any atom is -0.497 e. The minimum atomic E-state index is -4.49. The lowest BCUT2D eigenvalue weighted by Gasteiger charge is -2.11. The molecule has 0 N–H and O–H groups in total.